The van der Waals surface area contributed by atoms with Crippen LogP contribution in [0, 0.1) is 0 Å². The number of sulfonamides is 1. The second-order valence-electron chi connectivity index (χ2n) is 5.66. The van der Waals surface area contributed by atoms with Gasteiger partial charge in [0.2, 0.25) is 10.0 Å². The summed E-state index contributed by atoms with van der Waals surface area (Å²) in [7, 11) is -3.18. The lowest BCUT2D eigenvalue weighted by molar-refractivity contribution is -0.101. The summed E-state index contributed by atoms with van der Waals surface area (Å²) in [5, 5.41) is 0. The fourth-order valence-corrected chi connectivity index (χ4v) is 4.57. The lowest BCUT2D eigenvalue weighted by Crippen LogP contribution is -2.54. The van der Waals surface area contributed by atoms with Crippen LogP contribution in [0.15, 0.2) is 24.4 Å². The highest BCUT2D eigenvalue weighted by molar-refractivity contribution is 7.89. The van der Waals surface area contributed by atoms with Crippen molar-refractivity contribution >= 4 is 10.0 Å². The summed E-state index contributed by atoms with van der Waals surface area (Å²) >= 11 is 0. The number of nitrogens with zero attached hydrogens (tertiary/aromatic N) is 2. The van der Waals surface area contributed by atoms with E-state index in [2.05, 4.69) is 4.98 Å². The molecule has 2 aliphatic rings. The Bertz CT molecular complexity index is 593. The van der Waals surface area contributed by atoms with Gasteiger partial charge in [-0.1, -0.05) is 6.07 Å². The van der Waals surface area contributed by atoms with Crippen molar-refractivity contribution in [3.63, 3.8) is 0 Å². The van der Waals surface area contributed by atoms with Crippen LogP contribution < -0.4 is 0 Å². The Kier molecular flexibility index (Phi) is 4.77. The van der Waals surface area contributed by atoms with E-state index in [-0.39, 0.29) is 24.0 Å². The number of hydrogen-bond donors (Lipinski definition) is 0. The molecule has 2 fully saturated rings. The van der Waals surface area contributed by atoms with Crippen LogP contribution in [0.5, 0.6) is 0 Å². The molecule has 0 unspecified atom stereocenters. The third kappa shape index (κ3) is 3.17. The van der Waals surface area contributed by atoms with E-state index in [9.17, 15) is 8.42 Å². The molecule has 3 atom stereocenters. The zero-order chi connectivity index (χ0) is 15.6. The van der Waals surface area contributed by atoms with E-state index in [1.165, 1.54) is 0 Å². The highest BCUT2D eigenvalue weighted by Gasteiger charge is 2.46. The Morgan fingerprint density at radius 3 is 3.00 bits per heavy atom. The molecule has 1 aromatic heterocycles. The predicted octanol–water partition coefficient (Wildman–Crippen LogP) is 1.18. The van der Waals surface area contributed by atoms with Crippen LogP contribution in [-0.4, -0.2) is 54.9 Å². The normalized spacial score (nSPS) is 29.4. The van der Waals surface area contributed by atoms with E-state index in [4.69, 9.17) is 9.47 Å². The van der Waals surface area contributed by atoms with Crippen LogP contribution in [0.25, 0.3) is 0 Å². The van der Waals surface area contributed by atoms with Gasteiger partial charge in [-0.05, 0) is 31.9 Å². The third-order valence-corrected chi connectivity index (χ3v) is 6.28. The van der Waals surface area contributed by atoms with E-state index < -0.39 is 10.0 Å². The number of pyridine rings is 1. The van der Waals surface area contributed by atoms with Gasteiger partial charge in [-0.25, -0.2) is 8.42 Å². The van der Waals surface area contributed by atoms with Crippen molar-refractivity contribution < 1.29 is 17.9 Å². The van der Waals surface area contributed by atoms with E-state index in [0.29, 0.717) is 19.8 Å². The summed E-state index contributed by atoms with van der Waals surface area (Å²) in [6, 6.07) is 5.62. The molecule has 22 heavy (non-hydrogen) atoms. The maximum absolute atomic E-state index is 12.2. The minimum absolute atomic E-state index is 0.0677. The first kappa shape index (κ1) is 15.9. The van der Waals surface area contributed by atoms with Crippen LogP contribution in [-0.2, 0) is 26.1 Å². The molecule has 0 radical (unpaired) electrons. The van der Waals surface area contributed by atoms with Crippen LogP contribution in [0.2, 0.25) is 0 Å². The monoisotopic (exact) mass is 326 g/mol. The molecular formula is C15H22N2O4S. The van der Waals surface area contributed by atoms with Gasteiger partial charge >= 0.3 is 0 Å². The summed E-state index contributed by atoms with van der Waals surface area (Å²) in [5.74, 6) is 0.135. The molecule has 0 bridgehead atoms. The van der Waals surface area contributed by atoms with Gasteiger partial charge in [-0.15, -0.1) is 0 Å². The Labute approximate surface area is 131 Å². The quantitative estimate of drug-likeness (QED) is 0.813. The van der Waals surface area contributed by atoms with Crippen molar-refractivity contribution in [3.8, 4) is 0 Å². The lowest BCUT2D eigenvalue weighted by Gasteiger charge is -2.37. The van der Waals surface area contributed by atoms with Crippen LogP contribution in [0.3, 0.4) is 0 Å². The van der Waals surface area contributed by atoms with Gasteiger partial charge in [0.25, 0.3) is 0 Å². The highest BCUT2D eigenvalue weighted by Crippen LogP contribution is 2.34. The van der Waals surface area contributed by atoms with Gasteiger partial charge < -0.3 is 9.47 Å². The van der Waals surface area contributed by atoms with Gasteiger partial charge in [0.05, 0.1) is 36.8 Å². The predicted molar refractivity (Wildman–Crippen MR) is 81.7 cm³/mol. The first-order chi connectivity index (χ1) is 10.6. The molecule has 1 saturated heterocycles. The molecule has 122 valence electrons. The smallest absolute Gasteiger partial charge is 0.214 e. The van der Waals surface area contributed by atoms with E-state index in [1.807, 2.05) is 18.2 Å². The Morgan fingerprint density at radius 2 is 2.27 bits per heavy atom. The molecule has 1 saturated carbocycles. The number of morpholine rings is 1. The van der Waals surface area contributed by atoms with Crippen LogP contribution in [0.1, 0.15) is 25.5 Å². The molecule has 7 heteroatoms. The first-order valence-corrected chi connectivity index (χ1v) is 9.35. The maximum atomic E-state index is 12.2. The van der Waals surface area contributed by atoms with Crippen molar-refractivity contribution in [3.05, 3.63) is 30.1 Å². The summed E-state index contributed by atoms with van der Waals surface area (Å²) in [4.78, 5) is 4.24. The molecule has 0 aromatic carbocycles. The third-order valence-electron chi connectivity index (χ3n) is 4.38. The maximum Gasteiger partial charge on any atom is 0.214 e. The van der Waals surface area contributed by atoms with Gasteiger partial charge in [-0.3, -0.25) is 4.98 Å². The van der Waals surface area contributed by atoms with Crippen molar-refractivity contribution in [2.45, 2.75) is 44.6 Å². The van der Waals surface area contributed by atoms with Crippen molar-refractivity contribution in [2.24, 2.45) is 0 Å². The van der Waals surface area contributed by atoms with Crippen molar-refractivity contribution in [1.82, 2.24) is 9.29 Å². The Morgan fingerprint density at radius 1 is 1.41 bits per heavy atom. The van der Waals surface area contributed by atoms with E-state index >= 15 is 0 Å². The molecule has 0 amide bonds. The minimum Gasteiger partial charge on any atom is -0.372 e. The average molecular weight is 326 g/mol. The SMILES string of the molecule is CCS(=O)(=O)N1CCO[C@H]2[C@@H](OCc3ccccn3)CC[C@@H]21. The molecule has 1 aliphatic carbocycles. The van der Waals surface area contributed by atoms with Crippen molar-refractivity contribution in [2.75, 3.05) is 18.9 Å². The van der Waals surface area contributed by atoms with Gasteiger partial charge in [0, 0.05) is 12.7 Å². The molecule has 0 spiro atoms. The van der Waals surface area contributed by atoms with Crippen LogP contribution >= 0.6 is 0 Å². The average Bonchev–Trinajstić information content (AvgIpc) is 2.97. The number of aromatic nitrogens is 1. The minimum atomic E-state index is -3.18. The van der Waals surface area contributed by atoms with Crippen LogP contribution in [0.4, 0.5) is 0 Å². The number of ether oxygens (including phenoxy) is 2. The van der Waals surface area contributed by atoms with Crippen molar-refractivity contribution in [1.29, 1.82) is 0 Å². The zero-order valence-electron chi connectivity index (χ0n) is 12.7. The molecular weight excluding hydrogens is 304 g/mol. The second-order valence-corrected chi connectivity index (χ2v) is 7.87. The fourth-order valence-electron chi connectivity index (χ4n) is 3.25. The number of fused-ring (bicyclic) bond motifs is 1. The summed E-state index contributed by atoms with van der Waals surface area (Å²) < 4.78 is 37.8. The highest BCUT2D eigenvalue weighted by atomic mass is 32.2. The number of rotatable bonds is 5. The molecule has 1 aromatic rings. The fraction of sp³-hybridized carbons (Fsp3) is 0.667. The topological polar surface area (TPSA) is 68.7 Å². The largest absolute Gasteiger partial charge is 0.372 e. The van der Waals surface area contributed by atoms with Gasteiger partial charge in [0.1, 0.15) is 6.10 Å². The molecule has 1 aliphatic heterocycles. The van der Waals surface area contributed by atoms with E-state index in [1.54, 1.807) is 17.4 Å². The summed E-state index contributed by atoms with van der Waals surface area (Å²) in [6.45, 7) is 3.00. The molecule has 6 nitrogen and oxygen atoms in total. The number of hydrogen-bond acceptors (Lipinski definition) is 5. The van der Waals surface area contributed by atoms with Gasteiger partial charge in [-0.2, -0.15) is 4.31 Å². The van der Waals surface area contributed by atoms with Gasteiger partial charge in [0.15, 0.2) is 0 Å². The standard InChI is InChI=1S/C15H22N2O4S/c1-2-22(18,19)17-9-10-20-15-13(17)6-7-14(15)21-11-12-5-3-4-8-16-12/h3-5,8,13-15H,2,6-7,9-11H2,1H3/t13-,14-,15+/m0/s1. The Hall–Kier alpha value is -1.02. The lowest BCUT2D eigenvalue weighted by atomic mass is 10.1. The second kappa shape index (κ2) is 6.62. The zero-order valence-corrected chi connectivity index (χ0v) is 13.5. The molecule has 3 rings (SSSR count). The molecule has 2 heterocycles. The first-order valence-electron chi connectivity index (χ1n) is 7.74. The molecule has 0 N–H and O–H groups in total. The summed E-state index contributed by atoms with van der Waals surface area (Å²) in [6.07, 6.45) is 3.11. The summed E-state index contributed by atoms with van der Waals surface area (Å²) in [5.41, 5.74) is 0.875. The van der Waals surface area contributed by atoms with E-state index in [0.717, 1.165) is 18.5 Å². The Balaban J connectivity index is 1.65.